The van der Waals surface area contributed by atoms with E-state index < -0.39 is 0 Å². The molecule has 0 radical (unpaired) electrons. The van der Waals surface area contributed by atoms with Crippen molar-refractivity contribution < 1.29 is 4.79 Å². The molecule has 0 saturated heterocycles. The van der Waals surface area contributed by atoms with Crippen LogP contribution in [0.1, 0.15) is 15.9 Å². The summed E-state index contributed by atoms with van der Waals surface area (Å²) in [4.78, 5) is 29.6. The number of aromatic nitrogens is 4. The molecule has 10 heteroatoms. The van der Waals surface area contributed by atoms with Crippen LogP contribution in [0.5, 0.6) is 0 Å². The van der Waals surface area contributed by atoms with Gasteiger partial charge < -0.3 is 5.32 Å². The molecule has 0 unspecified atom stereocenters. The number of carbonyl (C=O) groups is 1. The van der Waals surface area contributed by atoms with Crippen LogP contribution in [0.3, 0.4) is 0 Å². The largest absolute Gasteiger partial charge is 0.350 e. The van der Waals surface area contributed by atoms with Crippen molar-refractivity contribution in [3.8, 4) is 0 Å². The second-order valence-corrected chi connectivity index (χ2v) is 8.55. The van der Waals surface area contributed by atoms with Crippen LogP contribution in [-0.4, -0.2) is 31.8 Å². The molecule has 2 aromatic carbocycles. The van der Waals surface area contributed by atoms with E-state index >= 15 is 0 Å². The number of fused-ring (bicyclic) bond motifs is 1. The van der Waals surface area contributed by atoms with Gasteiger partial charge in [0.1, 0.15) is 11.7 Å². The lowest BCUT2D eigenvalue weighted by Gasteiger charge is -2.08. The van der Waals surface area contributed by atoms with E-state index in [0.717, 1.165) is 10.0 Å². The normalized spacial score (nSPS) is 11.1. The van der Waals surface area contributed by atoms with Gasteiger partial charge in [-0.3, -0.25) is 14.2 Å². The van der Waals surface area contributed by atoms with E-state index in [4.69, 9.17) is 23.2 Å². The van der Waals surface area contributed by atoms with E-state index in [1.807, 2.05) is 24.3 Å². The first-order valence-corrected chi connectivity index (χ1v) is 10.9. The summed E-state index contributed by atoms with van der Waals surface area (Å²) in [5.41, 5.74) is 1.58. The van der Waals surface area contributed by atoms with E-state index in [-0.39, 0.29) is 18.0 Å². The van der Waals surface area contributed by atoms with Crippen molar-refractivity contribution in [2.45, 2.75) is 13.1 Å². The Morgan fingerprint density at radius 1 is 1.13 bits per heavy atom. The number of hydrogen-bond acceptors (Lipinski definition) is 4. The molecule has 2 aromatic heterocycles. The van der Waals surface area contributed by atoms with Crippen molar-refractivity contribution >= 4 is 56.1 Å². The van der Waals surface area contributed by atoms with Crippen LogP contribution in [0.2, 0.25) is 10.0 Å². The monoisotopic (exact) mass is 519 g/mol. The number of benzene rings is 2. The molecule has 1 N–H and O–H groups in total. The molecule has 0 fully saturated rings. The van der Waals surface area contributed by atoms with Crippen molar-refractivity contribution in [2.75, 3.05) is 6.54 Å². The zero-order chi connectivity index (χ0) is 22.0. The quantitative estimate of drug-likeness (QED) is 0.414. The minimum atomic E-state index is -0.339. The molecule has 0 aliphatic rings. The highest BCUT2D eigenvalue weighted by Gasteiger charge is 2.13. The third-order valence-corrected chi connectivity index (χ3v) is 5.76. The molecule has 31 heavy (non-hydrogen) atoms. The summed E-state index contributed by atoms with van der Waals surface area (Å²) in [5.74, 6) is -0.339. The minimum absolute atomic E-state index is 0.172. The molecule has 2 heterocycles. The number of amides is 1. The summed E-state index contributed by atoms with van der Waals surface area (Å²) in [6.45, 7) is 1.04. The Morgan fingerprint density at radius 3 is 2.68 bits per heavy atom. The number of nitrogens with zero attached hydrogens (tertiary/aromatic N) is 4. The van der Waals surface area contributed by atoms with Gasteiger partial charge in [0.05, 0.1) is 29.9 Å². The van der Waals surface area contributed by atoms with Gasteiger partial charge >= 0.3 is 0 Å². The van der Waals surface area contributed by atoms with Gasteiger partial charge in [-0.1, -0.05) is 51.3 Å². The Morgan fingerprint density at radius 2 is 1.90 bits per heavy atom. The maximum absolute atomic E-state index is 12.8. The first kappa shape index (κ1) is 21.5. The van der Waals surface area contributed by atoms with Crippen molar-refractivity contribution in [1.82, 2.24) is 24.6 Å². The minimum Gasteiger partial charge on any atom is -0.350 e. The number of nitrogens with one attached hydrogen (secondary N) is 1. The van der Waals surface area contributed by atoms with Crippen LogP contribution in [0.15, 0.2) is 64.3 Å². The Labute approximate surface area is 195 Å². The predicted molar refractivity (Wildman–Crippen MR) is 124 cm³/mol. The summed E-state index contributed by atoms with van der Waals surface area (Å²) < 4.78 is 4.10. The average molecular weight is 521 g/mol. The van der Waals surface area contributed by atoms with Gasteiger partial charge in [0, 0.05) is 16.0 Å². The van der Waals surface area contributed by atoms with Gasteiger partial charge in [0.25, 0.3) is 11.5 Å². The first-order valence-electron chi connectivity index (χ1n) is 9.31. The van der Waals surface area contributed by atoms with Crippen LogP contribution < -0.4 is 10.9 Å². The summed E-state index contributed by atoms with van der Waals surface area (Å²) in [6.07, 6.45) is 3.01. The molecule has 7 nitrogen and oxygen atoms in total. The van der Waals surface area contributed by atoms with E-state index in [1.54, 1.807) is 21.4 Å². The maximum Gasteiger partial charge on any atom is 0.264 e. The Bertz CT molecular complexity index is 1320. The highest BCUT2D eigenvalue weighted by molar-refractivity contribution is 9.10. The topological polar surface area (TPSA) is 81.8 Å². The predicted octanol–water partition coefficient (Wildman–Crippen LogP) is 4.14. The van der Waals surface area contributed by atoms with Crippen molar-refractivity contribution in [1.29, 1.82) is 0 Å². The highest BCUT2D eigenvalue weighted by atomic mass is 79.9. The summed E-state index contributed by atoms with van der Waals surface area (Å²) >= 11 is 15.4. The van der Waals surface area contributed by atoms with Gasteiger partial charge in [0.15, 0.2) is 5.65 Å². The lowest BCUT2D eigenvalue weighted by Crippen LogP contribution is -2.28. The molecule has 4 rings (SSSR count). The molecule has 0 spiro atoms. The fraction of sp³-hybridized carbons (Fsp3) is 0.143. The van der Waals surface area contributed by atoms with Crippen molar-refractivity contribution in [3.63, 3.8) is 0 Å². The van der Waals surface area contributed by atoms with Gasteiger partial charge in [-0.2, -0.15) is 5.10 Å². The molecule has 0 saturated carbocycles. The average Bonchev–Trinajstić information content (AvgIpc) is 3.17. The summed E-state index contributed by atoms with van der Waals surface area (Å²) in [7, 11) is 0. The Kier molecular flexibility index (Phi) is 6.41. The molecule has 0 aliphatic heterocycles. The number of rotatable bonds is 6. The van der Waals surface area contributed by atoms with E-state index in [0.29, 0.717) is 39.7 Å². The third-order valence-electron chi connectivity index (χ3n) is 4.67. The van der Waals surface area contributed by atoms with Crippen LogP contribution in [0, 0.1) is 0 Å². The molecular weight excluding hydrogens is 505 g/mol. The van der Waals surface area contributed by atoms with Gasteiger partial charge in [0.2, 0.25) is 0 Å². The van der Waals surface area contributed by atoms with Gasteiger partial charge in [-0.25, -0.2) is 9.67 Å². The Balaban J connectivity index is 1.46. The maximum atomic E-state index is 12.8. The zero-order valence-electron chi connectivity index (χ0n) is 16.1. The van der Waals surface area contributed by atoms with Crippen LogP contribution in [-0.2, 0) is 13.1 Å². The fourth-order valence-corrected chi connectivity index (χ4v) is 3.74. The van der Waals surface area contributed by atoms with Crippen molar-refractivity contribution in [2.24, 2.45) is 0 Å². The van der Waals surface area contributed by atoms with Crippen LogP contribution in [0.25, 0.3) is 11.0 Å². The third kappa shape index (κ3) is 4.81. The van der Waals surface area contributed by atoms with Gasteiger partial charge in [-0.05, 0) is 35.9 Å². The number of hydrogen-bond donors (Lipinski definition) is 1. The molecular formula is C21H16BrCl2N5O2. The summed E-state index contributed by atoms with van der Waals surface area (Å²) in [6, 6.07) is 12.4. The smallest absolute Gasteiger partial charge is 0.264 e. The number of carbonyl (C=O) groups excluding carboxylic acids is 1. The summed E-state index contributed by atoms with van der Waals surface area (Å²) in [5, 5.41) is 8.19. The standard InChI is InChI=1S/C21H16BrCl2N5O2/c22-14-3-1-13(2-4-14)11-28-12-26-19-17(21(28)31)10-27-29(19)8-7-25-20(30)16-9-15(23)5-6-18(16)24/h1-6,9-10,12H,7-8,11H2,(H,25,30). The lowest BCUT2D eigenvalue weighted by molar-refractivity contribution is 0.0952. The van der Waals surface area contributed by atoms with Crippen LogP contribution in [0.4, 0.5) is 0 Å². The molecule has 1 amide bonds. The van der Waals surface area contributed by atoms with Crippen LogP contribution >= 0.6 is 39.1 Å². The number of halogens is 3. The first-order chi connectivity index (χ1) is 14.9. The Hall–Kier alpha value is -2.68. The highest BCUT2D eigenvalue weighted by Crippen LogP contribution is 2.20. The second-order valence-electron chi connectivity index (χ2n) is 6.79. The molecule has 4 aromatic rings. The van der Waals surface area contributed by atoms with E-state index in [2.05, 4.69) is 31.3 Å². The van der Waals surface area contributed by atoms with Gasteiger partial charge in [-0.15, -0.1) is 0 Å². The molecule has 0 bridgehead atoms. The lowest BCUT2D eigenvalue weighted by atomic mass is 10.2. The molecule has 0 aliphatic carbocycles. The molecule has 158 valence electrons. The fourth-order valence-electron chi connectivity index (χ4n) is 3.10. The zero-order valence-corrected chi connectivity index (χ0v) is 19.2. The van der Waals surface area contributed by atoms with E-state index in [1.165, 1.54) is 18.6 Å². The second kappa shape index (κ2) is 9.21. The molecule has 0 atom stereocenters. The SMILES string of the molecule is O=C(NCCn1ncc2c(=O)n(Cc3ccc(Br)cc3)cnc21)c1cc(Cl)ccc1Cl. The van der Waals surface area contributed by atoms with E-state index in [9.17, 15) is 9.59 Å². The van der Waals surface area contributed by atoms with Crippen molar-refractivity contribution in [3.05, 3.63) is 91.0 Å².